The molecule has 37 heavy (non-hydrogen) atoms. The van der Waals surface area contributed by atoms with E-state index in [9.17, 15) is 21.6 Å². The van der Waals surface area contributed by atoms with Crippen molar-refractivity contribution in [2.45, 2.75) is 23.5 Å². The van der Waals surface area contributed by atoms with Crippen LogP contribution >= 0.6 is 15.9 Å². The smallest absolute Gasteiger partial charge is 0.246 e. The number of hydrogen-bond donors (Lipinski definition) is 1. The van der Waals surface area contributed by atoms with E-state index in [1.165, 1.54) is 27.9 Å². The molecule has 4 rings (SSSR count). The Morgan fingerprint density at radius 1 is 1.00 bits per heavy atom. The minimum Gasteiger partial charge on any atom is -0.495 e. The highest BCUT2D eigenvalue weighted by molar-refractivity contribution is 9.10. The van der Waals surface area contributed by atoms with Gasteiger partial charge in [0.1, 0.15) is 10.6 Å². The first-order valence-corrected chi connectivity index (χ1v) is 15.7. The summed E-state index contributed by atoms with van der Waals surface area (Å²) in [7, 11) is -5.95. The summed E-state index contributed by atoms with van der Waals surface area (Å²) < 4.78 is 66.3. The number of morpholine rings is 1. The van der Waals surface area contributed by atoms with E-state index in [1.54, 1.807) is 30.3 Å². The summed E-state index contributed by atoms with van der Waals surface area (Å²) in [6, 6.07) is 11.7. The average molecular weight is 617 g/mol. The molecular weight excluding hydrogens is 586 g/mol. The zero-order valence-corrected chi connectivity index (χ0v) is 23.6. The number of hydrogen-bond acceptors (Lipinski definition) is 7. The minimum absolute atomic E-state index is 0.0245. The summed E-state index contributed by atoms with van der Waals surface area (Å²) in [6.45, 7) is 1.61. The van der Waals surface area contributed by atoms with Gasteiger partial charge in [-0.1, -0.05) is 28.1 Å². The molecule has 2 fully saturated rings. The highest BCUT2D eigenvalue weighted by Crippen LogP contribution is 2.31. The molecule has 0 aliphatic carbocycles. The summed E-state index contributed by atoms with van der Waals surface area (Å²) in [4.78, 5) is 12.9. The summed E-state index contributed by atoms with van der Waals surface area (Å²) in [5, 5.41) is 2.80. The van der Waals surface area contributed by atoms with Gasteiger partial charge in [-0.05, 0) is 48.7 Å². The number of nitrogens with zero attached hydrogens (tertiary/aromatic N) is 2. The van der Waals surface area contributed by atoms with Crippen molar-refractivity contribution in [3.8, 4) is 5.75 Å². The van der Waals surface area contributed by atoms with Crippen LogP contribution in [0.2, 0.25) is 0 Å². The van der Waals surface area contributed by atoms with Crippen molar-refractivity contribution in [3.63, 3.8) is 0 Å². The molecule has 2 aromatic rings. The molecule has 0 unspecified atom stereocenters. The third-order valence-electron chi connectivity index (χ3n) is 6.50. The van der Waals surface area contributed by atoms with Gasteiger partial charge in [-0.2, -0.15) is 4.31 Å². The molecule has 1 N–H and O–H groups in total. The molecule has 2 aliphatic rings. The number of piperidine rings is 1. The monoisotopic (exact) mass is 615 g/mol. The van der Waals surface area contributed by atoms with E-state index < -0.39 is 20.0 Å². The largest absolute Gasteiger partial charge is 0.495 e. The van der Waals surface area contributed by atoms with Crippen molar-refractivity contribution < 1.29 is 31.1 Å². The Kier molecular flexibility index (Phi) is 8.92. The molecule has 0 radical (unpaired) electrons. The number of carbonyl (C=O) groups is 1. The third-order valence-corrected chi connectivity index (χ3v) is 10.8. The SMILES string of the molecule is COc1ccc(NC(=O)C2CCN(S(=O)(=O)Cc3ccc(Br)cc3)CC2)cc1S(=O)(=O)N1CCOCC1. The van der Waals surface area contributed by atoms with Crippen molar-refractivity contribution in [2.75, 3.05) is 51.8 Å². The molecule has 2 aliphatic heterocycles. The maximum absolute atomic E-state index is 13.2. The minimum atomic E-state index is -3.84. The lowest BCUT2D eigenvalue weighted by Gasteiger charge is -2.30. The molecule has 2 saturated heterocycles. The predicted octanol–water partition coefficient (Wildman–Crippen LogP) is 2.66. The van der Waals surface area contributed by atoms with Crippen LogP contribution in [-0.2, 0) is 35.3 Å². The second-order valence-electron chi connectivity index (χ2n) is 8.93. The fourth-order valence-corrected chi connectivity index (χ4v) is 7.82. The van der Waals surface area contributed by atoms with Crippen LogP contribution < -0.4 is 10.1 Å². The zero-order valence-electron chi connectivity index (χ0n) is 20.4. The van der Waals surface area contributed by atoms with Gasteiger partial charge in [0.2, 0.25) is 26.0 Å². The molecule has 13 heteroatoms. The van der Waals surface area contributed by atoms with Gasteiger partial charge in [-0.3, -0.25) is 4.79 Å². The highest BCUT2D eigenvalue weighted by Gasteiger charge is 2.32. The molecule has 1 amide bonds. The Balaban J connectivity index is 1.39. The van der Waals surface area contributed by atoms with Crippen molar-refractivity contribution >= 4 is 47.6 Å². The topological polar surface area (TPSA) is 122 Å². The number of halogens is 1. The van der Waals surface area contributed by atoms with Crippen LogP contribution in [0.3, 0.4) is 0 Å². The number of methoxy groups -OCH3 is 1. The van der Waals surface area contributed by atoms with Gasteiger partial charge in [0.15, 0.2) is 0 Å². The quantitative estimate of drug-likeness (QED) is 0.484. The fourth-order valence-electron chi connectivity index (χ4n) is 4.41. The maximum atomic E-state index is 13.2. The van der Waals surface area contributed by atoms with Crippen LogP contribution in [0.25, 0.3) is 0 Å². The Labute approximate surface area is 226 Å². The van der Waals surface area contributed by atoms with Gasteiger partial charge in [0.05, 0.1) is 26.1 Å². The summed E-state index contributed by atoms with van der Waals surface area (Å²) in [5.74, 6) is -0.567. The number of ether oxygens (including phenoxy) is 2. The Morgan fingerprint density at radius 2 is 1.65 bits per heavy atom. The molecule has 0 aromatic heterocycles. The van der Waals surface area contributed by atoms with Crippen LogP contribution in [-0.4, -0.2) is 77.9 Å². The van der Waals surface area contributed by atoms with Crippen molar-refractivity contribution in [1.82, 2.24) is 8.61 Å². The predicted molar refractivity (Wildman–Crippen MR) is 142 cm³/mol. The summed E-state index contributed by atoms with van der Waals surface area (Å²) in [5.41, 5.74) is 1.04. The molecule has 2 aromatic carbocycles. The number of benzene rings is 2. The van der Waals surface area contributed by atoms with E-state index >= 15 is 0 Å². The maximum Gasteiger partial charge on any atom is 0.246 e. The van der Waals surface area contributed by atoms with Crippen LogP contribution in [0, 0.1) is 5.92 Å². The number of rotatable bonds is 8. The number of sulfonamides is 2. The van der Waals surface area contributed by atoms with E-state index in [0.717, 1.165) is 4.47 Å². The second kappa shape index (κ2) is 11.8. The lowest BCUT2D eigenvalue weighted by molar-refractivity contribution is -0.120. The van der Waals surface area contributed by atoms with Crippen LogP contribution in [0.5, 0.6) is 5.75 Å². The van der Waals surface area contributed by atoms with E-state index in [4.69, 9.17) is 9.47 Å². The van der Waals surface area contributed by atoms with Gasteiger partial charge >= 0.3 is 0 Å². The molecule has 0 spiro atoms. The standard InChI is InChI=1S/C24H30BrN3O7S2/c1-34-22-7-6-21(16-23(22)37(32,33)28-12-14-35-15-13-28)26-24(29)19-8-10-27(11-9-19)36(30,31)17-18-2-4-20(25)5-3-18/h2-7,16,19H,8-15,17H2,1H3,(H,26,29). The average Bonchev–Trinajstić information content (AvgIpc) is 2.90. The number of carbonyl (C=O) groups excluding carboxylic acids is 1. The second-order valence-corrected chi connectivity index (χ2v) is 13.7. The third kappa shape index (κ3) is 6.70. The Bertz CT molecular complexity index is 1320. The van der Waals surface area contributed by atoms with Crippen LogP contribution in [0.1, 0.15) is 18.4 Å². The van der Waals surface area contributed by atoms with Gasteiger partial charge in [-0.25, -0.2) is 21.1 Å². The molecular formula is C24H30BrN3O7S2. The van der Waals surface area contributed by atoms with E-state index in [0.29, 0.717) is 37.3 Å². The lowest BCUT2D eigenvalue weighted by Crippen LogP contribution is -2.42. The molecule has 2 heterocycles. The summed E-state index contributed by atoms with van der Waals surface area (Å²) in [6.07, 6.45) is 0.751. The molecule has 0 bridgehead atoms. The Morgan fingerprint density at radius 3 is 2.27 bits per heavy atom. The summed E-state index contributed by atoms with van der Waals surface area (Å²) >= 11 is 3.34. The van der Waals surface area contributed by atoms with Gasteiger partial charge < -0.3 is 14.8 Å². The number of amides is 1. The van der Waals surface area contributed by atoms with Gasteiger partial charge in [-0.15, -0.1) is 0 Å². The fraction of sp³-hybridized carbons (Fsp3) is 0.458. The normalized spacial score (nSPS) is 18.4. The molecule has 0 saturated carbocycles. The number of anilines is 1. The molecule has 10 nitrogen and oxygen atoms in total. The lowest BCUT2D eigenvalue weighted by atomic mass is 9.97. The van der Waals surface area contributed by atoms with Gasteiger partial charge in [0.25, 0.3) is 0 Å². The first-order chi connectivity index (χ1) is 17.6. The molecule has 0 atom stereocenters. The van der Waals surface area contributed by atoms with E-state index in [2.05, 4.69) is 21.2 Å². The van der Waals surface area contributed by atoms with E-state index in [-0.39, 0.29) is 54.4 Å². The first kappa shape index (κ1) is 28.0. The number of nitrogens with one attached hydrogen (secondary N) is 1. The van der Waals surface area contributed by atoms with Crippen LogP contribution in [0.4, 0.5) is 5.69 Å². The van der Waals surface area contributed by atoms with Crippen molar-refractivity contribution in [1.29, 1.82) is 0 Å². The Hall–Kier alpha value is -2.03. The van der Waals surface area contributed by atoms with Crippen molar-refractivity contribution in [2.24, 2.45) is 5.92 Å². The van der Waals surface area contributed by atoms with Gasteiger partial charge in [0, 0.05) is 42.3 Å². The van der Waals surface area contributed by atoms with Crippen molar-refractivity contribution in [3.05, 3.63) is 52.5 Å². The molecule has 202 valence electrons. The van der Waals surface area contributed by atoms with Crippen LogP contribution in [0.15, 0.2) is 51.8 Å². The zero-order chi connectivity index (χ0) is 26.6. The highest BCUT2D eigenvalue weighted by atomic mass is 79.9. The first-order valence-electron chi connectivity index (χ1n) is 11.9. The van der Waals surface area contributed by atoms with E-state index in [1.807, 2.05) is 0 Å².